The Kier molecular flexibility index (Phi) is 13.2. The monoisotopic (exact) mass is 1010 g/mol. The van der Waals surface area contributed by atoms with Crippen LogP contribution < -0.4 is 36.5 Å². The summed E-state index contributed by atoms with van der Waals surface area (Å²) in [4.78, 5) is 60.5. The average Bonchev–Trinajstić information content (AvgIpc) is 4.31. The van der Waals surface area contributed by atoms with E-state index in [1.807, 2.05) is 95.9 Å². The maximum atomic E-state index is 13.8. The fourth-order valence-corrected chi connectivity index (χ4v) is 9.66. The van der Waals surface area contributed by atoms with Crippen LogP contribution in [0.25, 0.3) is 22.4 Å². The van der Waals surface area contributed by atoms with Crippen molar-refractivity contribution < 1.29 is 28.2 Å². The van der Waals surface area contributed by atoms with Crippen molar-refractivity contribution in [3.63, 3.8) is 0 Å². The highest BCUT2D eigenvalue weighted by Gasteiger charge is 2.38. The molecule has 5 aliphatic heterocycles. The van der Waals surface area contributed by atoms with E-state index in [1.54, 1.807) is 18.5 Å². The zero-order valence-electron chi connectivity index (χ0n) is 41.1. The zero-order chi connectivity index (χ0) is 51.4. The van der Waals surface area contributed by atoms with Gasteiger partial charge in [-0.25, -0.2) is 24.9 Å². The highest BCUT2D eigenvalue weighted by atomic mass is 16.5. The second-order valence-corrected chi connectivity index (χ2v) is 18.4. The molecule has 6 N–H and O–H groups in total. The molecule has 0 spiro atoms. The molecule has 2 atom stereocenters. The normalized spacial score (nSPS) is 16.5. The maximum absolute atomic E-state index is 13.8. The summed E-state index contributed by atoms with van der Waals surface area (Å²) < 4.78 is 23.1. The van der Waals surface area contributed by atoms with Gasteiger partial charge in [0.1, 0.15) is 18.1 Å². The number of nitrogens with one attached hydrogen (secondary N) is 4. The number of rotatable bonds is 14. The van der Waals surface area contributed by atoms with Gasteiger partial charge >= 0.3 is 0 Å². The van der Waals surface area contributed by atoms with Gasteiger partial charge in [0.2, 0.25) is 11.9 Å². The molecule has 380 valence electrons. The van der Waals surface area contributed by atoms with Crippen molar-refractivity contribution in [3.05, 3.63) is 190 Å². The molecule has 13 rings (SSSR count). The molecule has 0 radical (unpaired) electrons. The molecule has 0 aliphatic carbocycles. The number of aromatic nitrogens is 6. The van der Waals surface area contributed by atoms with Gasteiger partial charge in [0.05, 0.1) is 61.1 Å². The van der Waals surface area contributed by atoms with Crippen LogP contribution in [0, 0.1) is 0 Å². The molecule has 0 saturated carbocycles. The summed E-state index contributed by atoms with van der Waals surface area (Å²) in [6, 6.07) is 34.5. The van der Waals surface area contributed by atoms with Crippen LogP contribution in [-0.4, -0.2) is 78.8 Å². The first-order chi connectivity index (χ1) is 37.4. The predicted octanol–water partition coefficient (Wildman–Crippen LogP) is 7.88. The third-order valence-electron chi connectivity index (χ3n) is 13.4. The van der Waals surface area contributed by atoms with Crippen molar-refractivity contribution in [2.45, 2.75) is 57.6 Å². The van der Waals surface area contributed by atoms with E-state index in [1.165, 1.54) is 6.26 Å². The Morgan fingerprint density at radius 3 is 1.96 bits per heavy atom. The molecule has 2 amide bonds. The first-order valence-electron chi connectivity index (χ1n) is 25.1. The standard InChI is InChI=1S/C35H33N9O3.C22H18N4O3/c45-34(43-35-40-26-20-46-16-14-24(26)31(42-35)36-18-22-8-3-1-4-9-22)28-13-7-12-27-29(38-21-44(27)28)32-39-25-15-17-47-30(25)33(41-32)37-19-23-10-5-2-6-11-23;23-20(27)15-8-4-7-14-16(15)12-29-18(14)22-25-17-9-10-28-19(17)21(26-22)24-11-13-5-2-1-3-6-13/h1-13,21,28-29H,14-20H2,(H,37,39,41)(H2,36,40,42,43,45);1-8,12H,9-11H2,(H2,23,27)(H,24,25,26). The van der Waals surface area contributed by atoms with Gasteiger partial charge in [-0.3, -0.25) is 19.9 Å². The first kappa shape index (κ1) is 47.5. The Morgan fingerprint density at radius 1 is 0.645 bits per heavy atom. The fraction of sp³-hybridized carbons (Fsp3) is 0.211. The Morgan fingerprint density at radius 2 is 1.29 bits per heavy atom. The molecule has 19 heteroatoms. The van der Waals surface area contributed by atoms with Crippen molar-refractivity contribution in [2.75, 3.05) is 41.1 Å². The van der Waals surface area contributed by atoms with Crippen molar-refractivity contribution in [2.24, 2.45) is 10.7 Å². The number of hydrogen-bond acceptors (Lipinski definition) is 17. The summed E-state index contributed by atoms with van der Waals surface area (Å²) in [5.41, 5.74) is 13.6. The number of allylic oxidation sites excluding steroid dienone is 2. The minimum absolute atomic E-state index is 0.225. The van der Waals surface area contributed by atoms with Gasteiger partial charge in [0.15, 0.2) is 46.6 Å². The first-order valence-corrected chi connectivity index (χ1v) is 25.1. The molecule has 8 aromatic rings. The summed E-state index contributed by atoms with van der Waals surface area (Å²) in [7, 11) is 0. The van der Waals surface area contributed by atoms with Crippen LogP contribution in [0.15, 0.2) is 149 Å². The van der Waals surface area contributed by atoms with E-state index < -0.39 is 18.0 Å². The molecule has 19 nitrogen and oxygen atoms in total. The van der Waals surface area contributed by atoms with E-state index in [0.717, 1.165) is 50.4 Å². The van der Waals surface area contributed by atoms with Crippen LogP contribution >= 0.6 is 0 Å². The lowest BCUT2D eigenvalue weighted by molar-refractivity contribution is -0.118. The van der Waals surface area contributed by atoms with Crippen molar-refractivity contribution in [3.8, 4) is 23.1 Å². The number of carbonyl (C=O) groups excluding carboxylic acids is 2. The maximum Gasteiger partial charge on any atom is 0.253 e. The van der Waals surface area contributed by atoms with Gasteiger partial charge in [-0.1, -0.05) is 115 Å². The van der Waals surface area contributed by atoms with Crippen LogP contribution in [0.3, 0.4) is 0 Å². The summed E-state index contributed by atoms with van der Waals surface area (Å²) in [5.74, 6) is 4.28. The van der Waals surface area contributed by atoms with Gasteiger partial charge in [-0.2, -0.15) is 4.98 Å². The molecule has 4 aromatic heterocycles. The molecule has 76 heavy (non-hydrogen) atoms. The highest BCUT2D eigenvalue weighted by Crippen LogP contribution is 2.40. The molecule has 0 fully saturated rings. The fourth-order valence-electron chi connectivity index (χ4n) is 9.66. The lowest BCUT2D eigenvalue weighted by atomic mass is 10.1. The van der Waals surface area contributed by atoms with E-state index in [0.29, 0.717) is 123 Å². The smallest absolute Gasteiger partial charge is 0.253 e. The predicted molar refractivity (Wildman–Crippen MR) is 286 cm³/mol. The Balaban J connectivity index is 0.000000172. The number of nitrogens with two attached hydrogens (primary N) is 1. The molecule has 9 heterocycles. The average molecular weight is 1010 g/mol. The van der Waals surface area contributed by atoms with Crippen molar-refractivity contribution >= 4 is 52.3 Å². The summed E-state index contributed by atoms with van der Waals surface area (Å²) in [5, 5.41) is 14.6. The number of amides is 2. The van der Waals surface area contributed by atoms with E-state index in [9.17, 15) is 9.59 Å². The van der Waals surface area contributed by atoms with E-state index in [2.05, 4.69) is 60.5 Å². The highest BCUT2D eigenvalue weighted by molar-refractivity contribution is 6.09. The van der Waals surface area contributed by atoms with E-state index >= 15 is 0 Å². The second-order valence-electron chi connectivity index (χ2n) is 18.4. The molecular weight excluding hydrogens is 963 g/mol. The Bertz CT molecular complexity index is 3570. The summed E-state index contributed by atoms with van der Waals surface area (Å²) >= 11 is 0. The minimum Gasteiger partial charge on any atom is -0.487 e. The number of nitrogens with zero attached hydrogens (tertiary/aromatic N) is 8. The molecule has 5 aliphatic rings. The lowest BCUT2D eigenvalue weighted by Gasteiger charge is -2.28. The van der Waals surface area contributed by atoms with Crippen LogP contribution in [0.2, 0.25) is 0 Å². The molecule has 0 saturated heterocycles. The van der Waals surface area contributed by atoms with Gasteiger partial charge in [0, 0.05) is 55.2 Å². The summed E-state index contributed by atoms with van der Waals surface area (Å²) in [6.45, 7) is 3.90. The van der Waals surface area contributed by atoms with Crippen LogP contribution in [-0.2, 0) is 55.0 Å². The second kappa shape index (κ2) is 21.2. The van der Waals surface area contributed by atoms with E-state index in [4.69, 9.17) is 44.3 Å². The zero-order valence-corrected chi connectivity index (χ0v) is 41.1. The van der Waals surface area contributed by atoms with Crippen LogP contribution in [0.4, 0.5) is 23.4 Å². The minimum atomic E-state index is -0.659. The van der Waals surface area contributed by atoms with Crippen LogP contribution in [0.5, 0.6) is 11.5 Å². The largest absolute Gasteiger partial charge is 0.487 e. The number of primary amides is 1. The lowest BCUT2D eigenvalue weighted by Crippen LogP contribution is -2.42. The van der Waals surface area contributed by atoms with Crippen molar-refractivity contribution in [1.82, 2.24) is 34.8 Å². The number of fused-ring (bicyclic) bond motifs is 5. The third kappa shape index (κ3) is 9.85. The number of hydrogen-bond donors (Lipinski definition) is 5. The number of aliphatic imine (C=N–C) groups is 1. The number of carbonyl (C=O) groups is 2. The summed E-state index contributed by atoms with van der Waals surface area (Å²) in [6.07, 6.45) is 11.0. The molecule has 4 aromatic carbocycles. The van der Waals surface area contributed by atoms with Gasteiger partial charge in [0.25, 0.3) is 5.91 Å². The number of benzene rings is 4. The Labute approximate surface area is 436 Å². The number of furan rings is 1. The van der Waals surface area contributed by atoms with E-state index in [-0.39, 0.29) is 11.9 Å². The quantitative estimate of drug-likeness (QED) is 0.0696. The molecule has 2 unspecified atom stereocenters. The number of anilines is 4. The molecule has 0 bridgehead atoms. The van der Waals surface area contributed by atoms with Gasteiger partial charge in [-0.05, 0) is 28.8 Å². The Hall–Kier alpha value is -9.49. The topological polar surface area (TPSA) is 242 Å². The van der Waals surface area contributed by atoms with Gasteiger partial charge < -0.3 is 45.2 Å². The number of ether oxygens (including phenoxy) is 3. The third-order valence-corrected chi connectivity index (χ3v) is 13.4. The van der Waals surface area contributed by atoms with Crippen molar-refractivity contribution in [1.29, 1.82) is 0 Å². The molecular formula is C57H51N13O6. The van der Waals surface area contributed by atoms with Gasteiger partial charge in [-0.15, -0.1) is 0 Å². The van der Waals surface area contributed by atoms with Crippen LogP contribution in [0.1, 0.15) is 61.6 Å². The SMILES string of the molecule is NC(=O)c1cccc2c(-c3nc4c(c(NCc5ccccc5)n3)OCC4)occ12.O=C(Nc1nc2c(c(NCc3ccccc3)n1)CCOC2)C1C=CC=C2C(c3nc4c(c(NCc5ccccc5)n3)OCC4)N=CN21.